The fourth-order valence-corrected chi connectivity index (χ4v) is 1.57. The van der Waals surface area contributed by atoms with Gasteiger partial charge in [-0.1, -0.05) is 12.1 Å². The summed E-state index contributed by atoms with van der Waals surface area (Å²) in [5.41, 5.74) is 2.46. The van der Waals surface area contributed by atoms with Crippen LogP contribution in [-0.2, 0) is 0 Å². The average Bonchev–Trinajstić information content (AvgIpc) is 2.73. The Bertz CT molecular complexity index is 385. The predicted octanol–water partition coefficient (Wildman–Crippen LogP) is 1.68. The van der Waals surface area contributed by atoms with E-state index in [1.54, 1.807) is 0 Å². The molecule has 0 saturated heterocycles. The van der Waals surface area contributed by atoms with Gasteiger partial charge in [0.05, 0.1) is 6.54 Å². The highest BCUT2D eigenvalue weighted by molar-refractivity contribution is 5.85. The average molecular weight is 204 g/mol. The molecule has 0 saturated carbocycles. The van der Waals surface area contributed by atoms with Crippen molar-refractivity contribution in [1.82, 2.24) is 5.32 Å². The molecule has 3 heteroatoms. The predicted molar refractivity (Wildman–Crippen MR) is 61.7 cm³/mol. The first-order chi connectivity index (χ1) is 7.27. The molecule has 1 N–H and O–H groups in total. The summed E-state index contributed by atoms with van der Waals surface area (Å²) in [6.45, 7) is 6.52. The lowest BCUT2D eigenvalue weighted by Gasteiger charge is -2.10. The zero-order valence-electron chi connectivity index (χ0n) is 9.21. The molecule has 2 rings (SSSR count). The van der Waals surface area contributed by atoms with E-state index in [-0.39, 0.29) is 0 Å². The largest absolute Gasteiger partial charge is 0.485 e. The second kappa shape index (κ2) is 4.34. The van der Waals surface area contributed by atoms with Gasteiger partial charge in [0, 0.05) is 6.54 Å². The molecule has 0 bridgehead atoms. The second-order valence-electron chi connectivity index (χ2n) is 3.74. The Kier molecular flexibility index (Phi) is 2.90. The van der Waals surface area contributed by atoms with E-state index in [1.807, 2.05) is 12.1 Å². The summed E-state index contributed by atoms with van der Waals surface area (Å²) >= 11 is 0. The molecule has 15 heavy (non-hydrogen) atoms. The molecule has 0 radical (unpaired) electrons. The van der Waals surface area contributed by atoms with Crippen molar-refractivity contribution in [3.05, 3.63) is 29.3 Å². The first-order valence-electron chi connectivity index (χ1n) is 5.23. The zero-order valence-corrected chi connectivity index (χ0v) is 9.21. The number of rotatable bonds is 3. The third-order valence-corrected chi connectivity index (χ3v) is 2.66. The van der Waals surface area contributed by atoms with E-state index in [0.29, 0.717) is 6.61 Å². The fourth-order valence-electron chi connectivity index (χ4n) is 1.57. The van der Waals surface area contributed by atoms with Gasteiger partial charge in [-0.15, -0.1) is 0 Å². The smallest absolute Gasteiger partial charge is 0.145 e. The van der Waals surface area contributed by atoms with Gasteiger partial charge < -0.3 is 10.1 Å². The Balaban J connectivity index is 2.01. The summed E-state index contributed by atoms with van der Waals surface area (Å²) < 4.78 is 5.71. The quantitative estimate of drug-likeness (QED) is 0.812. The van der Waals surface area contributed by atoms with Crippen LogP contribution in [0.1, 0.15) is 11.1 Å². The highest BCUT2D eigenvalue weighted by atomic mass is 16.5. The lowest BCUT2D eigenvalue weighted by Crippen LogP contribution is -2.25. The van der Waals surface area contributed by atoms with Gasteiger partial charge >= 0.3 is 0 Å². The molecule has 1 aliphatic heterocycles. The first kappa shape index (κ1) is 10.0. The molecule has 1 aromatic rings. The third-order valence-electron chi connectivity index (χ3n) is 2.66. The van der Waals surface area contributed by atoms with Crippen LogP contribution in [0, 0.1) is 13.8 Å². The Hall–Kier alpha value is -1.51. The highest BCUT2D eigenvalue weighted by Crippen LogP contribution is 2.20. The molecule has 0 spiro atoms. The highest BCUT2D eigenvalue weighted by Gasteiger charge is 2.07. The van der Waals surface area contributed by atoms with Crippen LogP contribution in [0.25, 0.3) is 0 Å². The van der Waals surface area contributed by atoms with Crippen molar-refractivity contribution in [1.29, 1.82) is 0 Å². The first-order valence-corrected chi connectivity index (χ1v) is 5.23. The Morgan fingerprint density at radius 2 is 2.27 bits per heavy atom. The van der Waals surface area contributed by atoms with Gasteiger partial charge in [0.1, 0.15) is 18.2 Å². The van der Waals surface area contributed by atoms with Crippen LogP contribution in [0.15, 0.2) is 23.2 Å². The number of nitrogens with zero attached hydrogens (tertiary/aromatic N) is 1. The molecular formula is C12H16N2O. The van der Waals surface area contributed by atoms with Crippen LogP contribution in [0.5, 0.6) is 5.75 Å². The molecule has 3 nitrogen and oxygen atoms in total. The molecule has 1 heterocycles. The Labute approximate surface area is 90.2 Å². The number of aliphatic imine (C=N–C) groups is 1. The van der Waals surface area contributed by atoms with Crippen LogP contribution in [-0.4, -0.2) is 25.5 Å². The third kappa shape index (κ3) is 2.29. The molecule has 1 aliphatic rings. The zero-order chi connectivity index (χ0) is 10.7. The summed E-state index contributed by atoms with van der Waals surface area (Å²) in [5, 5.41) is 3.19. The molecule has 0 aliphatic carbocycles. The van der Waals surface area contributed by atoms with Crippen molar-refractivity contribution in [3.8, 4) is 5.75 Å². The number of hydrogen-bond acceptors (Lipinski definition) is 3. The van der Waals surface area contributed by atoms with E-state index >= 15 is 0 Å². The lowest BCUT2D eigenvalue weighted by atomic mass is 10.1. The van der Waals surface area contributed by atoms with E-state index in [0.717, 1.165) is 24.7 Å². The van der Waals surface area contributed by atoms with Crippen molar-refractivity contribution < 1.29 is 4.74 Å². The lowest BCUT2D eigenvalue weighted by molar-refractivity contribution is 0.370. The van der Waals surface area contributed by atoms with Gasteiger partial charge in [-0.3, -0.25) is 4.99 Å². The van der Waals surface area contributed by atoms with Gasteiger partial charge in [-0.05, 0) is 31.0 Å². The minimum atomic E-state index is 0.546. The van der Waals surface area contributed by atoms with Crippen LogP contribution < -0.4 is 10.1 Å². The molecule has 0 atom stereocenters. The number of nitrogens with one attached hydrogen (secondary N) is 1. The summed E-state index contributed by atoms with van der Waals surface area (Å²) in [7, 11) is 0. The van der Waals surface area contributed by atoms with Gasteiger partial charge in [0.2, 0.25) is 0 Å². The SMILES string of the molecule is Cc1cccc(OCC2=NCCN2)c1C. The number of benzene rings is 1. The van der Waals surface area contributed by atoms with E-state index in [2.05, 4.69) is 30.2 Å². The maximum Gasteiger partial charge on any atom is 0.145 e. The second-order valence-corrected chi connectivity index (χ2v) is 3.74. The standard InChI is InChI=1S/C12H16N2O/c1-9-4-3-5-11(10(9)2)15-8-12-13-6-7-14-12/h3-5H,6-8H2,1-2H3,(H,13,14). The van der Waals surface area contributed by atoms with E-state index in [9.17, 15) is 0 Å². The topological polar surface area (TPSA) is 33.6 Å². The van der Waals surface area contributed by atoms with Crippen molar-refractivity contribution in [3.63, 3.8) is 0 Å². The van der Waals surface area contributed by atoms with E-state index in [1.165, 1.54) is 11.1 Å². The van der Waals surface area contributed by atoms with Crippen molar-refractivity contribution in [2.24, 2.45) is 4.99 Å². The normalized spacial score (nSPS) is 14.7. The minimum Gasteiger partial charge on any atom is -0.485 e. The van der Waals surface area contributed by atoms with Crippen LogP contribution >= 0.6 is 0 Å². The summed E-state index contributed by atoms with van der Waals surface area (Å²) in [6, 6.07) is 6.10. The molecular weight excluding hydrogens is 188 g/mol. The molecule has 0 amide bonds. The van der Waals surface area contributed by atoms with Crippen LogP contribution in [0.3, 0.4) is 0 Å². The van der Waals surface area contributed by atoms with Crippen molar-refractivity contribution in [2.45, 2.75) is 13.8 Å². The number of hydrogen-bond donors (Lipinski definition) is 1. The summed E-state index contributed by atoms with van der Waals surface area (Å²) in [4.78, 5) is 4.28. The van der Waals surface area contributed by atoms with Gasteiger partial charge in [-0.2, -0.15) is 0 Å². The summed E-state index contributed by atoms with van der Waals surface area (Å²) in [6.07, 6.45) is 0. The Morgan fingerprint density at radius 3 is 3.00 bits per heavy atom. The fraction of sp³-hybridized carbons (Fsp3) is 0.417. The van der Waals surface area contributed by atoms with Crippen molar-refractivity contribution >= 4 is 5.84 Å². The molecule has 0 unspecified atom stereocenters. The molecule has 0 fully saturated rings. The number of ether oxygens (including phenoxy) is 1. The molecule has 0 aromatic heterocycles. The Morgan fingerprint density at radius 1 is 1.40 bits per heavy atom. The van der Waals surface area contributed by atoms with Crippen LogP contribution in [0.4, 0.5) is 0 Å². The summed E-state index contributed by atoms with van der Waals surface area (Å²) in [5.74, 6) is 1.90. The van der Waals surface area contributed by atoms with Crippen LogP contribution in [0.2, 0.25) is 0 Å². The minimum absolute atomic E-state index is 0.546. The van der Waals surface area contributed by atoms with Gasteiger partial charge in [0.25, 0.3) is 0 Å². The van der Waals surface area contributed by atoms with Crippen molar-refractivity contribution in [2.75, 3.05) is 19.7 Å². The monoisotopic (exact) mass is 204 g/mol. The molecule has 1 aromatic carbocycles. The maximum atomic E-state index is 5.71. The molecule has 80 valence electrons. The maximum absolute atomic E-state index is 5.71. The van der Waals surface area contributed by atoms with E-state index in [4.69, 9.17) is 4.74 Å². The number of aryl methyl sites for hydroxylation is 1. The van der Waals surface area contributed by atoms with E-state index < -0.39 is 0 Å². The van der Waals surface area contributed by atoms with Gasteiger partial charge in [-0.25, -0.2) is 0 Å². The number of amidine groups is 1. The van der Waals surface area contributed by atoms with Gasteiger partial charge in [0.15, 0.2) is 0 Å².